The molecular weight excluding hydrogens is 400 g/mol. The quantitative estimate of drug-likeness (QED) is 0.429. The largest absolute Gasteiger partial charge is 0.493 e. The Labute approximate surface area is 168 Å². The summed E-state index contributed by atoms with van der Waals surface area (Å²) < 4.78 is 33.2. The first-order valence-electron chi connectivity index (χ1n) is 8.70. The number of aliphatic hydroxyl groups is 1. The summed E-state index contributed by atoms with van der Waals surface area (Å²) in [6, 6.07) is 10.4. The molecule has 0 bridgehead atoms. The molecule has 0 aliphatic carbocycles. The highest BCUT2D eigenvalue weighted by Crippen LogP contribution is 2.24. The fourth-order valence-electron chi connectivity index (χ4n) is 2.43. The Balaban J connectivity index is 2.09. The zero-order valence-corrected chi connectivity index (χ0v) is 16.5. The standard InChI is InChI=1S/C19H22N2O7S/c1-13-10-16(7-8-17(13)28-9-3-6-19(24)25)29(26,27)21-15-5-2-4-14(11-15)20-18(23)12-22/h2,4-5,7-8,10-11,21-22H,3,6,9,12H2,1H3,(H,20,23)(H,24,25). The highest BCUT2D eigenvalue weighted by atomic mass is 32.2. The fourth-order valence-corrected chi connectivity index (χ4v) is 3.57. The maximum atomic E-state index is 12.6. The van der Waals surface area contributed by atoms with Crippen LogP contribution in [0.15, 0.2) is 47.4 Å². The van der Waals surface area contributed by atoms with Crippen LogP contribution in [0.5, 0.6) is 5.75 Å². The zero-order valence-electron chi connectivity index (χ0n) is 15.7. The number of carbonyl (C=O) groups is 2. The number of carbonyl (C=O) groups excluding carboxylic acids is 1. The van der Waals surface area contributed by atoms with Crippen LogP contribution in [0.2, 0.25) is 0 Å². The predicted octanol–water partition coefficient (Wildman–Crippen LogP) is 1.97. The van der Waals surface area contributed by atoms with Gasteiger partial charge in [0.15, 0.2) is 0 Å². The summed E-state index contributed by atoms with van der Waals surface area (Å²) in [4.78, 5) is 21.8. The number of hydrogen-bond donors (Lipinski definition) is 4. The molecule has 0 spiro atoms. The Kier molecular flexibility index (Phi) is 7.57. The molecule has 0 radical (unpaired) electrons. The van der Waals surface area contributed by atoms with Crippen LogP contribution in [-0.4, -0.2) is 43.7 Å². The Morgan fingerprint density at radius 2 is 1.83 bits per heavy atom. The molecule has 2 aromatic carbocycles. The summed E-state index contributed by atoms with van der Waals surface area (Å²) in [5.41, 5.74) is 1.17. The summed E-state index contributed by atoms with van der Waals surface area (Å²) in [6.45, 7) is 1.22. The second kappa shape index (κ2) is 9.89. The molecule has 0 aliphatic rings. The topological polar surface area (TPSA) is 142 Å². The first-order chi connectivity index (χ1) is 13.7. The van der Waals surface area contributed by atoms with E-state index in [9.17, 15) is 18.0 Å². The van der Waals surface area contributed by atoms with Crippen LogP contribution in [0, 0.1) is 6.92 Å². The minimum atomic E-state index is -3.89. The van der Waals surface area contributed by atoms with Gasteiger partial charge in [-0.2, -0.15) is 0 Å². The number of rotatable bonds is 10. The zero-order chi connectivity index (χ0) is 21.4. The van der Waals surface area contributed by atoms with Crippen LogP contribution in [-0.2, 0) is 19.6 Å². The van der Waals surface area contributed by atoms with Crippen LogP contribution < -0.4 is 14.8 Å². The van der Waals surface area contributed by atoms with E-state index in [0.29, 0.717) is 23.4 Å². The second-order valence-corrected chi connectivity index (χ2v) is 7.85. The molecule has 0 fully saturated rings. The van der Waals surface area contributed by atoms with Crippen LogP contribution >= 0.6 is 0 Å². The summed E-state index contributed by atoms with van der Waals surface area (Å²) in [6.07, 6.45) is 0.340. The van der Waals surface area contributed by atoms with Crippen molar-refractivity contribution in [3.8, 4) is 5.75 Å². The van der Waals surface area contributed by atoms with Gasteiger partial charge in [-0.1, -0.05) is 6.07 Å². The van der Waals surface area contributed by atoms with Gasteiger partial charge in [0.2, 0.25) is 5.91 Å². The Morgan fingerprint density at radius 3 is 2.48 bits per heavy atom. The first kappa shape index (κ1) is 22.2. The van der Waals surface area contributed by atoms with Crippen LogP contribution in [0.25, 0.3) is 0 Å². The highest BCUT2D eigenvalue weighted by molar-refractivity contribution is 7.92. The Hall–Kier alpha value is -3.11. The summed E-state index contributed by atoms with van der Waals surface area (Å²) in [5, 5.41) is 19.8. The molecule has 9 nitrogen and oxygen atoms in total. The van der Waals surface area contributed by atoms with E-state index in [-0.39, 0.29) is 23.6 Å². The van der Waals surface area contributed by atoms with Gasteiger partial charge < -0.3 is 20.3 Å². The van der Waals surface area contributed by atoms with Crippen molar-refractivity contribution in [2.75, 3.05) is 23.3 Å². The normalized spacial score (nSPS) is 11.0. The number of sulfonamides is 1. The van der Waals surface area contributed by atoms with E-state index in [2.05, 4.69) is 10.0 Å². The molecule has 0 unspecified atom stereocenters. The number of hydrogen-bond acceptors (Lipinski definition) is 6. The maximum Gasteiger partial charge on any atom is 0.303 e. The number of aliphatic hydroxyl groups excluding tert-OH is 1. The SMILES string of the molecule is Cc1cc(S(=O)(=O)Nc2cccc(NC(=O)CO)c2)ccc1OCCCC(=O)O. The Bertz CT molecular complexity index is 990. The Morgan fingerprint density at radius 1 is 1.10 bits per heavy atom. The van der Waals surface area contributed by atoms with Crippen molar-refractivity contribution >= 4 is 33.3 Å². The minimum absolute atomic E-state index is 0.00669. The summed E-state index contributed by atoms with van der Waals surface area (Å²) >= 11 is 0. The summed E-state index contributed by atoms with van der Waals surface area (Å²) in [5.74, 6) is -1.04. The van der Waals surface area contributed by atoms with Crippen molar-refractivity contribution in [1.82, 2.24) is 0 Å². The van der Waals surface area contributed by atoms with E-state index in [1.165, 1.54) is 30.3 Å². The minimum Gasteiger partial charge on any atom is -0.493 e. The van der Waals surface area contributed by atoms with Gasteiger partial charge in [0.1, 0.15) is 12.4 Å². The van der Waals surface area contributed by atoms with Gasteiger partial charge in [-0.25, -0.2) is 8.42 Å². The van der Waals surface area contributed by atoms with Crippen molar-refractivity contribution in [2.24, 2.45) is 0 Å². The van der Waals surface area contributed by atoms with Crippen molar-refractivity contribution < 1.29 is 33.0 Å². The number of benzene rings is 2. The molecule has 0 aromatic heterocycles. The maximum absolute atomic E-state index is 12.6. The van der Waals surface area contributed by atoms with Crippen LogP contribution in [0.1, 0.15) is 18.4 Å². The number of anilines is 2. The van der Waals surface area contributed by atoms with Gasteiger partial charge in [-0.3, -0.25) is 14.3 Å². The molecule has 1 amide bonds. The van der Waals surface area contributed by atoms with Crippen molar-refractivity contribution in [1.29, 1.82) is 0 Å². The van der Waals surface area contributed by atoms with Gasteiger partial charge in [0.05, 0.1) is 17.2 Å². The average Bonchev–Trinajstić information content (AvgIpc) is 2.65. The van der Waals surface area contributed by atoms with Gasteiger partial charge in [0.25, 0.3) is 10.0 Å². The lowest BCUT2D eigenvalue weighted by atomic mass is 10.2. The number of amides is 1. The van der Waals surface area contributed by atoms with Gasteiger partial charge in [-0.15, -0.1) is 0 Å². The number of carboxylic acids is 1. The molecule has 0 aliphatic heterocycles. The molecule has 0 heterocycles. The van der Waals surface area contributed by atoms with Crippen molar-refractivity contribution in [3.63, 3.8) is 0 Å². The van der Waals surface area contributed by atoms with E-state index in [1.54, 1.807) is 19.1 Å². The van der Waals surface area contributed by atoms with E-state index in [1.807, 2.05) is 0 Å². The molecule has 29 heavy (non-hydrogen) atoms. The highest BCUT2D eigenvalue weighted by Gasteiger charge is 2.16. The van der Waals surface area contributed by atoms with Crippen LogP contribution in [0.4, 0.5) is 11.4 Å². The van der Waals surface area contributed by atoms with E-state index in [0.717, 1.165) is 0 Å². The van der Waals surface area contributed by atoms with Gasteiger partial charge in [-0.05, 0) is 55.3 Å². The third-order valence-corrected chi connectivity index (χ3v) is 5.17. The van der Waals surface area contributed by atoms with Gasteiger partial charge in [0, 0.05) is 12.1 Å². The lowest BCUT2D eigenvalue weighted by Gasteiger charge is -2.13. The molecule has 2 aromatic rings. The molecule has 0 atom stereocenters. The molecule has 2 rings (SSSR count). The number of aryl methyl sites for hydroxylation is 1. The summed E-state index contributed by atoms with van der Waals surface area (Å²) in [7, 11) is -3.89. The first-order valence-corrected chi connectivity index (χ1v) is 10.2. The molecular formula is C19H22N2O7S. The molecule has 10 heteroatoms. The van der Waals surface area contributed by atoms with Crippen LogP contribution in [0.3, 0.4) is 0 Å². The molecule has 156 valence electrons. The monoisotopic (exact) mass is 422 g/mol. The fraction of sp³-hybridized carbons (Fsp3) is 0.263. The smallest absolute Gasteiger partial charge is 0.303 e. The number of nitrogens with one attached hydrogen (secondary N) is 2. The van der Waals surface area contributed by atoms with E-state index in [4.69, 9.17) is 14.9 Å². The number of aliphatic carboxylic acids is 1. The van der Waals surface area contributed by atoms with E-state index >= 15 is 0 Å². The average molecular weight is 422 g/mol. The predicted molar refractivity (Wildman–Crippen MR) is 107 cm³/mol. The molecule has 0 saturated heterocycles. The van der Waals surface area contributed by atoms with Crippen molar-refractivity contribution in [2.45, 2.75) is 24.7 Å². The third kappa shape index (κ3) is 6.77. The third-order valence-electron chi connectivity index (χ3n) is 3.79. The lowest BCUT2D eigenvalue weighted by molar-refractivity contribution is -0.137. The second-order valence-electron chi connectivity index (χ2n) is 6.17. The van der Waals surface area contributed by atoms with Gasteiger partial charge >= 0.3 is 5.97 Å². The van der Waals surface area contributed by atoms with Crippen molar-refractivity contribution in [3.05, 3.63) is 48.0 Å². The lowest BCUT2D eigenvalue weighted by Crippen LogP contribution is -2.16. The number of ether oxygens (including phenoxy) is 1. The molecule has 0 saturated carbocycles. The molecule has 4 N–H and O–H groups in total. The number of carboxylic acid groups (broad SMARTS) is 1. The van der Waals surface area contributed by atoms with E-state index < -0.39 is 28.5 Å².